The van der Waals surface area contributed by atoms with Gasteiger partial charge in [0.2, 0.25) is 0 Å². The molecule has 0 saturated heterocycles. The van der Waals surface area contributed by atoms with Gasteiger partial charge in [0, 0.05) is 18.4 Å². The van der Waals surface area contributed by atoms with E-state index in [-0.39, 0.29) is 6.04 Å². The van der Waals surface area contributed by atoms with Crippen molar-refractivity contribution >= 4 is 17.3 Å². The van der Waals surface area contributed by atoms with E-state index in [9.17, 15) is 0 Å². The third-order valence-corrected chi connectivity index (χ3v) is 3.52. The van der Waals surface area contributed by atoms with Gasteiger partial charge in [-0.1, -0.05) is 17.7 Å². The number of aromatic nitrogens is 4. The number of nitrogens with zero attached hydrogens (tertiary/aromatic N) is 4. The maximum absolute atomic E-state index is 6.31. The number of halogens is 1. The van der Waals surface area contributed by atoms with Gasteiger partial charge >= 0.3 is 0 Å². The minimum atomic E-state index is 0.119. The molecule has 1 atom stereocenters. The van der Waals surface area contributed by atoms with E-state index in [1.807, 2.05) is 30.3 Å². The molecule has 3 aromatic rings. The lowest BCUT2D eigenvalue weighted by atomic mass is 10.1. The Morgan fingerprint density at radius 2 is 1.95 bits per heavy atom. The second-order valence-electron chi connectivity index (χ2n) is 4.62. The number of para-hydroxylation sites is 1. The summed E-state index contributed by atoms with van der Waals surface area (Å²) >= 11 is 6.31. The maximum Gasteiger partial charge on any atom is 0.138 e. The van der Waals surface area contributed by atoms with Gasteiger partial charge in [0.25, 0.3) is 0 Å². The van der Waals surface area contributed by atoms with E-state index in [4.69, 9.17) is 11.6 Å². The first-order valence-electron chi connectivity index (χ1n) is 6.55. The summed E-state index contributed by atoms with van der Waals surface area (Å²) in [6.07, 6.45) is 6.68. The standard InChI is InChI=1S/C15H14ClN5/c1-11(12-5-7-17-8-6-12)20-14-4-2-3-13(16)15(14)21-10-18-9-19-21/h2-11,20H,1H3. The molecule has 0 saturated carbocycles. The smallest absolute Gasteiger partial charge is 0.138 e. The molecular weight excluding hydrogens is 286 g/mol. The Hall–Kier alpha value is -2.40. The van der Waals surface area contributed by atoms with Crippen molar-refractivity contribution in [3.63, 3.8) is 0 Å². The molecular formula is C15H14ClN5. The van der Waals surface area contributed by atoms with Crippen LogP contribution in [0.2, 0.25) is 5.02 Å². The van der Waals surface area contributed by atoms with Crippen LogP contribution in [0.15, 0.2) is 55.4 Å². The molecule has 0 spiro atoms. The van der Waals surface area contributed by atoms with Crippen molar-refractivity contribution in [2.45, 2.75) is 13.0 Å². The van der Waals surface area contributed by atoms with Crippen molar-refractivity contribution < 1.29 is 0 Å². The van der Waals surface area contributed by atoms with Crippen molar-refractivity contribution in [3.8, 4) is 5.69 Å². The second kappa shape index (κ2) is 5.93. The number of nitrogens with one attached hydrogen (secondary N) is 1. The fourth-order valence-corrected chi connectivity index (χ4v) is 2.42. The van der Waals surface area contributed by atoms with Crippen LogP contribution in [0.1, 0.15) is 18.5 Å². The Morgan fingerprint density at radius 1 is 1.14 bits per heavy atom. The highest BCUT2D eigenvalue weighted by molar-refractivity contribution is 6.33. The van der Waals surface area contributed by atoms with Crippen LogP contribution in [0.25, 0.3) is 5.69 Å². The quantitative estimate of drug-likeness (QED) is 0.801. The Morgan fingerprint density at radius 3 is 2.67 bits per heavy atom. The average Bonchev–Trinajstić information content (AvgIpc) is 3.02. The van der Waals surface area contributed by atoms with Gasteiger partial charge in [0.05, 0.1) is 10.7 Å². The van der Waals surface area contributed by atoms with Gasteiger partial charge in [-0.15, -0.1) is 0 Å². The zero-order valence-corrected chi connectivity index (χ0v) is 12.2. The molecule has 0 amide bonds. The first-order valence-corrected chi connectivity index (χ1v) is 6.93. The van der Waals surface area contributed by atoms with Crippen LogP contribution in [-0.4, -0.2) is 19.7 Å². The van der Waals surface area contributed by atoms with Crippen molar-refractivity contribution in [2.24, 2.45) is 0 Å². The van der Waals surface area contributed by atoms with E-state index < -0.39 is 0 Å². The molecule has 1 N–H and O–H groups in total. The van der Waals surface area contributed by atoms with Crippen molar-refractivity contribution in [2.75, 3.05) is 5.32 Å². The average molecular weight is 300 g/mol. The molecule has 0 bridgehead atoms. The summed E-state index contributed by atoms with van der Waals surface area (Å²) < 4.78 is 1.66. The number of rotatable bonds is 4. The molecule has 6 heteroatoms. The molecule has 106 valence electrons. The number of pyridine rings is 1. The van der Waals surface area contributed by atoms with Crippen LogP contribution < -0.4 is 5.32 Å². The molecule has 0 aliphatic rings. The topological polar surface area (TPSA) is 55.6 Å². The van der Waals surface area contributed by atoms with E-state index in [1.54, 1.807) is 23.4 Å². The number of benzene rings is 1. The van der Waals surface area contributed by atoms with Gasteiger partial charge in [0.15, 0.2) is 0 Å². The third kappa shape index (κ3) is 2.87. The molecule has 1 aromatic carbocycles. The van der Waals surface area contributed by atoms with Crippen LogP contribution in [-0.2, 0) is 0 Å². The highest BCUT2D eigenvalue weighted by Gasteiger charge is 2.13. The van der Waals surface area contributed by atoms with Gasteiger partial charge in [-0.25, -0.2) is 9.67 Å². The Bertz CT molecular complexity index is 712. The molecule has 1 unspecified atom stereocenters. The van der Waals surface area contributed by atoms with Crippen LogP contribution in [0.5, 0.6) is 0 Å². The van der Waals surface area contributed by atoms with Gasteiger partial charge in [-0.05, 0) is 36.8 Å². The van der Waals surface area contributed by atoms with E-state index >= 15 is 0 Å². The minimum Gasteiger partial charge on any atom is -0.377 e. The van der Waals surface area contributed by atoms with E-state index in [0.717, 1.165) is 16.9 Å². The van der Waals surface area contributed by atoms with Crippen LogP contribution in [0, 0.1) is 0 Å². The number of hydrogen-bond acceptors (Lipinski definition) is 4. The first kappa shape index (κ1) is 13.6. The predicted molar refractivity (Wildman–Crippen MR) is 82.6 cm³/mol. The summed E-state index contributed by atoms with van der Waals surface area (Å²) in [7, 11) is 0. The van der Waals surface area contributed by atoms with Gasteiger partial charge in [-0.2, -0.15) is 5.10 Å². The molecule has 0 fully saturated rings. The SMILES string of the molecule is CC(Nc1cccc(Cl)c1-n1cncn1)c1ccncc1. The van der Waals surface area contributed by atoms with E-state index in [1.165, 1.54) is 6.33 Å². The first-order chi connectivity index (χ1) is 10.3. The zero-order chi connectivity index (χ0) is 14.7. The largest absolute Gasteiger partial charge is 0.377 e. The van der Waals surface area contributed by atoms with Gasteiger partial charge < -0.3 is 5.32 Å². The van der Waals surface area contributed by atoms with Gasteiger partial charge in [0.1, 0.15) is 18.3 Å². The van der Waals surface area contributed by atoms with Crippen LogP contribution in [0.3, 0.4) is 0 Å². The molecule has 0 aliphatic heterocycles. The van der Waals surface area contributed by atoms with Crippen molar-refractivity contribution in [1.82, 2.24) is 19.7 Å². The molecule has 0 aliphatic carbocycles. The summed E-state index contributed by atoms with van der Waals surface area (Å²) in [6, 6.07) is 9.80. The Balaban J connectivity index is 1.95. The lowest BCUT2D eigenvalue weighted by molar-refractivity contribution is 0.851. The Labute approximate surface area is 127 Å². The normalized spacial score (nSPS) is 12.1. The monoisotopic (exact) mass is 299 g/mol. The Kier molecular flexibility index (Phi) is 3.83. The highest BCUT2D eigenvalue weighted by atomic mass is 35.5. The minimum absolute atomic E-state index is 0.119. The summed E-state index contributed by atoms with van der Waals surface area (Å²) in [5.41, 5.74) is 2.84. The maximum atomic E-state index is 6.31. The fourth-order valence-electron chi connectivity index (χ4n) is 2.16. The third-order valence-electron chi connectivity index (χ3n) is 3.21. The second-order valence-corrected chi connectivity index (χ2v) is 5.03. The summed E-state index contributed by atoms with van der Waals surface area (Å²) in [6.45, 7) is 2.08. The molecule has 21 heavy (non-hydrogen) atoms. The number of anilines is 1. The zero-order valence-electron chi connectivity index (χ0n) is 11.4. The summed E-state index contributed by atoms with van der Waals surface area (Å²) in [5.74, 6) is 0. The molecule has 2 aromatic heterocycles. The lowest BCUT2D eigenvalue weighted by Crippen LogP contribution is -2.10. The fraction of sp³-hybridized carbons (Fsp3) is 0.133. The lowest BCUT2D eigenvalue weighted by Gasteiger charge is -2.19. The molecule has 2 heterocycles. The van der Waals surface area contributed by atoms with Crippen LogP contribution >= 0.6 is 11.6 Å². The van der Waals surface area contributed by atoms with E-state index in [0.29, 0.717) is 5.02 Å². The highest BCUT2D eigenvalue weighted by Crippen LogP contribution is 2.30. The summed E-state index contributed by atoms with van der Waals surface area (Å²) in [4.78, 5) is 8.01. The molecule has 5 nitrogen and oxygen atoms in total. The molecule has 3 rings (SSSR count). The van der Waals surface area contributed by atoms with Gasteiger partial charge in [-0.3, -0.25) is 4.98 Å². The van der Waals surface area contributed by atoms with Crippen molar-refractivity contribution in [3.05, 3.63) is 66.0 Å². The molecule has 0 radical (unpaired) electrons. The predicted octanol–water partition coefficient (Wildman–Crippen LogP) is 3.49. The number of hydrogen-bond donors (Lipinski definition) is 1. The van der Waals surface area contributed by atoms with Crippen molar-refractivity contribution in [1.29, 1.82) is 0 Å². The van der Waals surface area contributed by atoms with Crippen LogP contribution in [0.4, 0.5) is 5.69 Å². The summed E-state index contributed by atoms with van der Waals surface area (Å²) in [5, 5.41) is 8.23. The van der Waals surface area contributed by atoms with E-state index in [2.05, 4.69) is 27.3 Å².